The molecule has 0 aromatic rings. The highest BCUT2D eigenvalue weighted by molar-refractivity contribution is 5.96. The van der Waals surface area contributed by atoms with Crippen LogP contribution in [0.4, 0.5) is 0 Å². The number of rotatable bonds is 2. The Kier molecular flexibility index (Phi) is 2.72. The molecular formula is C9H14N2O2. The van der Waals surface area contributed by atoms with E-state index >= 15 is 0 Å². The molecule has 1 atom stereocenters. The SMILES string of the molecule is CCN1C=C(C(N)=O)C(C)=CC1O. The number of carbonyl (C=O) groups excluding carboxylic acids is 1. The largest absolute Gasteiger partial charge is 0.370 e. The van der Waals surface area contributed by atoms with Gasteiger partial charge in [-0.3, -0.25) is 4.79 Å². The first kappa shape index (κ1) is 9.80. The molecule has 1 unspecified atom stereocenters. The molecule has 0 radical (unpaired) electrons. The van der Waals surface area contributed by atoms with Gasteiger partial charge in [-0.15, -0.1) is 0 Å². The number of carbonyl (C=O) groups is 1. The third-order valence-corrected chi connectivity index (χ3v) is 2.09. The van der Waals surface area contributed by atoms with Crippen LogP contribution >= 0.6 is 0 Å². The molecule has 0 aromatic carbocycles. The van der Waals surface area contributed by atoms with Gasteiger partial charge >= 0.3 is 0 Å². The van der Waals surface area contributed by atoms with Gasteiger partial charge in [0.05, 0.1) is 5.57 Å². The Balaban J connectivity index is 2.95. The third-order valence-electron chi connectivity index (χ3n) is 2.09. The summed E-state index contributed by atoms with van der Waals surface area (Å²) in [5.41, 5.74) is 6.36. The number of nitrogens with zero attached hydrogens (tertiary/aromatic N) is 1. The van der Waals surface area contributed by atoms with Crippen LogP contribution in [0.5, 0.6) is 0 Å². The lowest BCUT2D eigenvalue weighted by molar-refractivity contribution is -0.114. The van der Waals surface area contributed by atoms with Crippen molar-refractivity contribution in [1.29, 1.82) is 0 Å². The van der Waals surface area contributed by atoms with E-state index in [2.05, 4.69) is 0 Å². The molecule has 1 heterocycles. The van der Waals surface area contributed by atoms with E-state index in [4.69, 9.17) is 5.73 Å². The van der Waals surface area contributed by atoms with Crippen LogP contribution in [0.3, 0.4) is 0 Å². The molecule has 1 aliphatic rings. The van der Waals surface area contributed by atoms with Crippen molar-refractivity contribution in [3.63, 3.8) is 0 Å². The normalized spacial score (nSPS) is 22.4. The predicted octanol–water partition coefficient (Wildman–Crippen LogP) is -0.0442. The van der Waals surface area contributed by atoms with Crippen molar-refractivity contribution < 1.29 is 9.90 Å². The van der Waals surface area contributed by atoms with Gasteiger partial charge in [-0.2, -0.15) is 0 Å². The molecule has 0 spiro atoms. The van der Waals surface area contributed by atoms with Crippen molar-refractivity contribution in [2.75, 3.05) is 6.54 Å². The highest BCUT2D eigenvalue weighted by Crippen LogP contribution is 2.18. The van der Waals surface area contributed by atoms with Crippen LogP contribution in [0.15, 0.2) is 23.4 Å². The number of hydrogen-bond donors (Lipinski definition) is 2. The minimum Gasteiger partial charge on any atom is -0.370 e. The third kappa shape index (κ3) is 1.89. The molecule has 1 rings (SSSR count). The standard InChI is InChI=1S/C9H14N2O2/c1-3-11-5-7(9(10)13)6(2)4-8(11)12/h4-5,8,12H,3H2,1-2H3,(H2,10,13). The smallest absolute Gasteiger partial charge is 0.250 e. The second kappa shape index (κ2) is 3.62. The van der Waals surface area contributed by atoms with Crippen molar-refractivity contribution in [3.05, 3.63) is 23.4 Å². The minimum atomic E-state index is -0.645. The van der Waals surface area contributed by atoms with Gasteiger partial charge in [0.25, 0.3) is 0 Å². The molecule has 0 fully saturated rings. The maximum Gasteiger partial charge on any atom is 0.250 e. The molecule has 0 aliphatic carbocycles. The van der Waals surface area contributed by atoms with Gasteiger partial charge < -0.3 is 15.7 Å². The van der Waals surface area contributed by atoms with E-state index < -0.39 is 12.1 Å². The van der Waals surface area contributed by atoms with Crippen molar-refractivity contribution >= 4 is 5.91 Å². The molecule has 1 amide bonds. The summed E-state index contributed by atoms with van der Waals surface area (Å²) >= 11 is 0. The van der Waals surface area contributed by atoms with E-state index in [1.54, 1.807) is 24.1 Å². The highest BCUT2D eigenvalue weighted by Gasteiger charge is 2.19. The van der Waals surface area contributed by atoms with Crippen molar-refractivity contribution in [2.24, 2.45) is 5.73 Å². The van der Waals surface area contributed by atoms with Crippen molar-refractivity contribution in [2.45, 2.75) is 20.1 Å². The molecule has 0 bridgehead atoms. The van der Waals surface area contributed by atoms with Gasteiger partial charge in [0.1, 0.15) is 6.23 Å². The zero-order chi connectivity index (χ0) is 10.0. The topological polar surface area (TPSA) is 66.6 Å². The first-order valence-corrected chi connectivity index (χ1v) is 4.20. The number of aliphatic hydroxyl groups excluding tert-OH is 1. The van der Waals surface area contributed by atoms with Gasteiger partial charge in [0, 0.05) is 12.7 Å². The lowest BCUT2D eigenvalue weighted by Gasteiger charge is -2.28. The first-order chi connectivity index (χ1) is 6.06. The molecule has 3 N–H and O–H groups in total. The quantitative estimate of drug-likeness (QED) is 0.629. The van der Waals surface area contributed by atoms with Crippen LogP contribution in [-0.2, 0) is 4.79 Å². The first-order valence-electron chi connectivity index (χ1n) is 4.20. The molecule has 4 heteroatoms. The van der Waals surface area contributed by atoms with E-state index in [1.165, 1.54) is 0 Å². The van der Waals surface area contributed by atoms with Crippen LogP contribution in [0, 0.1) is 0 Å². The maximum absolute atomic E-state index is 10.9. The Hall–Kier alpha value is -1.29. The van der Waals surface area contributed by atoms with Gasteiger partial charge in [-0.05, 0) is 25.5 Å². The molecule has 4 nitrogen and oxygen atoms in total. The van der Waals surface area contributed by atoms with Crippen molar-refractivity contribution in [3.8, 4) is 0 Å². The summed E-state index contributed by atoms with van der Waals surface area (Å²) in [4.78, 5) is 12.6. The van der Waals surface area contributed by atoms with E-state index in [9.17, 15) is 9.90 Å². The molecule has 72 valence electrons. The Morgan fingerprint density at radius 3 is 2.85 bits per heavy atom. The second-order valence-electron chi connectivity index (χ2n) is 3.00. The number of nitrogens with two attached hydrogens (primary N) is 1. The second-order valence-corrected chi connectivity index (χ2v) is 3.00. The summed E-state index contributed by atoms with van der Waals surface area (Å²) in [6.45, 7) is 4.29. The molecule has 1 aliphatic heterocycles. The van der Waals surface area contributed by atoms with Gasteiger partial charge in [-0.25, -0.2) is 0 Å². The zero-order valence-corrected chi connectivity index (χ0v) is 7.82. The fourth-order valence-electron chi connectivity index (χ4n) is 1.29. The number of aliphatic hydroxyl groups is 1. The number of likely N-dealkylation sites (N-methyl/N-ethyl adjacent to an activating group) is 1. The minimum absolute atomic E-state index is 0.459. The van der Waals surface area contributed by atoms with E-state index in [0.717, 1.165) is 5.57 Å². The fraction of sp³-hybridized carbons (Fsp3) is 0.444. The maximum atomic E-state index is 10.9. The van der Waals surface area contributed by atoms with Crippen LogP contribution in [-0.4, -0.2) is 28.7 Å². The molecule has 0 aromatic heterocycles. The monoisotopic (exact) mass is 182 g/mol. The van der Waals surface area contributed by atoms with Gasteiger partial charge in [-0.1, -0.05) is 0 Å². The lowest BCUT2D eigenvalue weighted by atomic mass is 10.0. The average Bonchev–Trinajstić information content (AvgIpc) is 2.03. The van der Waals surface area contributed by atoms with E-state index in [0.29, 0.717) is 12.1 Å². The molecule has 13 heavy (non-hydrogen) atoms. The average molecular weight is 182 g/mol. The number of primary amides is 1. The zero-order valence-electron chi connectivity index (χ0n) is 7.82. The Labute approximate surface area is 77.3 Å². The van der Waals surface area contributed by atoms with Crippen LogP contribution in [0.25, 0.3) is 0 Å². The summed E-state index contributed by atoms with van der Waals surface area (Å²) in [5.74, 6) is -0.459. The summed E-state index contributed by atoms with van der Waals surface area (Å²) in [5, 5.41) is 9.49. The van der Waals surface area contributed by atoms with Gasteiger partial charge in [0.15, 0.2) is 0 Å². The Morgan fingerprint density at radius 2 is 2.38 bits per heavy atom. The van der Waals surface area contributed by atoms with E-state index in [-0.39, 0.29) is 0 Å². The summed E-state index contributed by atoms with van der Waals surface area (Å²) in [7, 11) is 0. The number of amides is 1. The highest BCUT2D eigenvalue weighted by atomic mass is 16.3. The van der Waals surface area contributed by atoms with Gasteiger partial charge in [0.2, 0.25) is 5.91 Å². The lowest BCUT2D eigenvalue weighted by Crippen LogP contribution is -2.34. The summed E-state index contributed by atoms with van der Waals surface area (Å²) in [6.07, 6.45) is 2.57. The number of hydrogen-bond acceptors (Lipinski definition) is 3. The van der Waals surface area contributed by atoms with Crippen molar-refractivity contribution in [1.82, 2.24) is 4.90 Å². The van der Waals surface area contributed by atoms with E-state index in [1.807, 2.05) is 6.92 Å². The summed E-state index contributed by atoms with van der Waals surface area (Å²) in [6, 6.07) is 0. The Bertz CT molecular complexity index is 281. The molecule has 0 saturated carbocycles. The van der Waals surface area contributed by atoms with Crippen LogP contribution in [0.1, 0.15) is 13.8 Å². The Morgan fingerprint density at radius 1 is 1.77 bits per heavy atom. The molecule has 0 saturated heterocycles. The molecular weight excluding hydrogens is 168 g/mol. The predicted molar refractivity (Wildman–Crippen MR) is 49.4 cm³/mol. The van der Waals surface area contributed by atoms with Crippen LogP contribution in [0.2, 0.25) is 0 Å². The van der Waals surface area contributed by atoms with Crippen LogP contribution < -0.4 is 5.73 Å². The fourth-order valence-corrected chi connectivity index (χ4v) is 1.29. The summed E-state index contributed by atoms with van der Waals surface area (Å²) < 4.78 is 0.